The largest absolute Gasteiger partial charge is 0.396 e. The van der Waals surface area contributed by atoms with Crippen molar-refractivity contribution in [1.82, 2.24) is 4.98 Å². The van der Waals surface area contributed by atoms with Gasteiger partial charge in [-0.15, -0.1) is 0 Å². The minimum atomic E-state index is 0.570. The molecular weight excluding hydrogens is 266 g/mol. The lowest BCUT2D eigenvalue weighted by molar-refractivity contribution is 0.782. The van der Waals surface area contributed by atoms with E-state index in [1.54, 1.807) is 23.6 Å². The molecule has 0 aliphatic heterocycles. The number of nitrogen functional groups attached to an aromatic ring is 1. The van der Waals surface area contributed by atoms with Gasteiger partial charge < -0.3 is 10.6 Å². The van der Waals surface area contributed by atoms with Crippen LogP contribution in [0.5, 0.6) is 0 Å². The maximum Gasteiger partial charge on any atom is 0.152 e. The van der Waals surface area contributed by atoms with Gasteiger partial charge in [0.25, 0.3) is 0 Å². The van der Waals surface area contributed by atoms with E-state index in [0.717, 1.165) is 12.4 Å². The third kappa shape index (κ3) is 2.44. The molecule has 0 saturated heterocycles. The average molecular weight is 280 g/mol. The molecule has 0 unspecified atom stereocenters. The van der Waals surface area contributed by atoms with Crippen LogP contribution in [0.25, 0.3) is 0 Å². The number of hydrogen-bond acceptors (Lipinski definition) is 4. The standard InChI is InChI=1S/C13H14ClN3S/c14-10-5-12(15)13(16-6-10)17(11-1-2-11)7-9-3-4-18-8-9/h3-6,8,11H,1-2,7,15H2. The molecule has 1 aliphatic carbocycles. The summed E-state index contributed by atoms with van der Waals surface area (Å²) in [5.74, 6) is 0.855. The highest BCUT2D eigenvalue weighted by Crippen LogP contribution is 2.35. The number of hydrogen-bond donors (Lipinski definition) is 1. The van der Waals surface area contributed by atoms with E-state index in [-0.39, 0.29) is 0 Å². The molecule has 3 nitrogen and oxygen atoms in total. The number of rotatable bonds is 4. The van der Waals surface area contributed by atoms with Gasteiger partial charge in [0.05, 0.1) is 10.7 Å². The Kier molecular flexibility index (Phi) is 3.14. The number of anilines is 2. The molecule has 0 spiro atoms. The van der Waals surface area contributed by atoms with E-state index >= 15 is 0 Å². The molecule has 0 atom stereocenters. The van der Waals surface area contributed by atoms with Crippen molar-refractivity contribution in [2.24, 2.45) is 0 Å². The van der Waals surface area contributed by atoms with E-state index in [0.29, 0.717) is 16.8 Å². The van der Waals surface area contributed by atoms with E-state index in [4.69, 9.17) is 17.3 Å². The lowest BCUT2D eigenvalue weighted by Gasteiger charge is -2.24. The van der Waals surface area contributed by atoms with Crippen molar-refractivity contribution in [3.63, 3.8) is 0 Å². The molecule has 0 radical (unpaired) electrons. The van der Waals surface area contributed by atoms with Gasteiger partial charge in [-0.25, -0.2) is 4.98 Å². The van der Waals surface area contributed by atoms with Crippen molar-refractivity contribution in [3.8, 4) is 0 Å². The Balaban J connectivity index is 1.89. The van der Waals surface area contributed by atoms with Crippen molar-refractivity contribution in [2.75, 3.05) is 10.6 Å². The maximum absolute atomic E-state index is 6.03. The number of nitrogens with two attached hydrogens (primary N) is 1. The van der Waals surface area contributed by atoms with Gasteiger partial charge in [0, 0.05) is 18.8 Å². The molecule has 2 N–H and O–H groups in total. The highest BCUT2D eigenvalue weighted by molar-refractivity contribution is 7.07. The summed E-state index contributed by atoms with van der Waals surface area (Å²) >= 11 is 7.62. The molecule has 0 amide bonds. The Morgan fingerprint density at radius 2 is 2.33 bits per heavy atom. The normalized spacial score (nSPS) is 14.7. The fraction of sp³-hybridized carbons (Fsp3) is 0.308. The molecule has 94 valence electrons. The van der Waals surface area contributed by atoms with Crippen molar-refractivity contribution in [1.29, 1.82) is 0 Å². The molecule has 1 aliphatic rings. The summed E-state index contributed by atoms with van der Waals surface area (Å²) in [5, 5.41) is 4.85. The lowest BCUT2D eigenvalue weighted by atomic mass is 10.3. The van der Waals surface area contributed by atoms with Crippen LogP contribution in [0.2, 0.25) is 5.02 Å². The first-order chi connectivity index (χ1) is 8.74. The zero-order valence-corrected chi connectivity index (χ0v) is 11.4. The van der Waals surface area contributed by atoms with E-state index in [1.165, 1.54) is 18.4 Å². The van der Waals surface area contributed by atoms with Gasteiger partial charge in [-0.2, -0.15) is 11.3 Å². The topological polar surface area (TPSA) is 42.1 Å². The van der Waals surface area contributed by atoms with Crippen LogP contribution in [-0.4, -0.2) is 11.0 Å². The van der Waals surface area contributed by atoms with E-state index in [9.17, 15) is 0 Å². The first-order valence-corrected chi connectivity index (χ1v) is 7.25. The molecule has 1 saturated carbocycles. The molecule has 2 aromatic rings. The summed E-state index contributed by atoms with van der Waals surface area (Å²) in [7, 11) is 0. The van der Waals surface area contributed by atoms with Crippen LogP contribution in [0.15, 0.2) is 29.1 Å². The molecule has 2 aromatic heterocycles. The molecule has 0 aromatic carbocycles. The molecule has 5 heteroatoms. The Bertz CT molecular complexity index is 537. The Morgan fingerprint density at radius 3 is 2.94 bits per heavy atom. The quantitative estimate of drug-likeness (QED) is 0.931. The zero-order chi connectivity index (χ0) is 12.5. The number of pyridine rings is 1. The van der Waals surface area contributed by atoms with E-state index in [1.807, 2.05) is 0 Å². The Morgan fingerprint density at radius 1 is 1.50 bits per heavy atom. The van der Waals surface area contributed by atoms with Crippen LogP contribution in [0.4, 0.5) is 11.5 Å². The highest BCUT2D eigenvalue weighted by atomic mass is 35.5. The predicted molar refractivity (Wildman–Crippen MR) is 77.2 cm³/mol. The van der Waals surface area contributed by atoms with Gasteiger partial charge in [-0.05, 0) is 41.3 Å². The second kappa shape index (κ2) is 4.78. The Hall–Kier alpha value is -1.26. The minimum Gasteiger partial charge on any atom is -0.396 e. The fourth-order valence-electron chi connectivity index (χ4n) is 2.03. The van der Waals surface area contributed by atoms with Crippen molar-refractivity contribution < 1.29 is 0 Å². The van der Waals surface area contributed by atoms with Gasteiger partial charge in [-0.1, -0.05) is 11.6 Å². The molecular formula is C13H14ClN3S. The maximum atomic E-state index is 6.03. The van der Waals surface area contributed by atoms with Crippen LogP contribution in [0, 0.1) is 0 Å². The van der Waals surface area contributed by atoms with Gasteiger partial charge in [0.1, 0.15) is 0 Å². The van der Waals surface area contributed by atoms with Crippen LogP contribution in [0.1, 0.15) is 18.4 Å². The van der Waals surface area contributed by atoms with Crippen LogP contribution < -0.4 is 10.6 Å². The molecule has 3 rings (SSSR count). The summed E-state index contributed by atoms with van der Waals surface area (Å²) in [5.41, 5.74) is 8.00. The van der Waals surface area contributed by atoms with Gasteiger partial charge in [-0.3, -0.25) is 0 Å². The van der Waals surface area contributed by atoms with Gasteiger partial charge >= 0.3 is 0 Å². The predicted octanol–water partition coefficient (Wildman–Crippen LogP) is 3.55. The van der Waals surface area contributed by atoms with Crippen molar-refractivity contribution in [2.45, 2.75) is 25.4 Å². The number of thiophene rings is 1. The van der Waals surface area contributed by atoms with Crippen molar-refractivity contribution >= 4 is 34.4 Å². The second-order valence-corrected chi connectivity index (χ2v) is 5.77. The lowest BCUT2D eigenvalue weighted by Crippen LogP contribution is -2.26. The number of halogens is 1. The van der Waals surface area contributed by atoms with Gasteiger partial charge in [0.2, 0.25) is 0 Å². The first kappa shape index (κ1) is 11.8. The van der Waals surface area contributed by atoms with E-state index in [2.05, 4.69) is 26.7 Å². The van der Waals surface area contributed by atoms with Crippen LogP contribution in [0.3, 0.4) is 0 Å². The molecule has 18 heavy (non-hydrogen) atoms. The molecule has 2 heterocycles. The summed E-state index contributed by atoms with van der Waals surface area (Å²) < 4.78 is 0. The molecule has 0 bridgehead atoms. The number of aromatic nitrogens is 1. The fourth-order valence-corrected chi connectivity index (χ4v) is 2.86. The SMILES string of the molecule is Nc1cc(Cl)cnc1N(Cc1ccsc1)C1CC1. The summed E-state index contributed by atoms with van der Waals surface area (Å²) in [6.07, 6.45) is 4.10. The Labute approximate surface area is 115 Å². The average Bonchev–Trinajstić information content (AvgIpc) is 3.05. The third-order valence-electron chi connectivity index (χ3n) is 3.05. The summed E-state index contributed by atoms with van der Waals surface area (Å²) in [6, 6.07) is 4.49. The van der Waals surface area contributed by atoms with E-state index < -0.39 is 0 Å². The first-order valence-electron chi connectivity index (χ1n) is 5.93. The monoisotopic (exact) mass is 279 g/mol. The smallest absolute Gasteiger partial charge is 0.152 e. The summed E-state index contributed by atoms with van der Waals surface area (Å²) in [6.45, 7) is 0.868. The third-order valence-corrected chi connectivity index (χ3v) is 3.99. The highest BCUT2D eigenvalue weighted by Gasteiger charge is 2.31. The molecule has 1 fully saturated rings. The van der Waals surface area contributed by atoms with Crippen LogP contribution in [-0.2, 0) is 6.54 Å². The number of nitrogens with zero attached hydrogens (tertiary/aromatic N) is 2. The second-order valence-electron chi connectivity index (χ2n) is 4.56. The zero-order valence-electron chi connectivity index (χ0n) is 9.84. The van der Waals surface area contributed by atoms with Gasteiger partial charge in [0.15, 0.2) is 5.82 Å². The van der Waals surface area contributed by atoms with Crippen LogP contribution >= 0.6 is 22.9 Å². The summed E-state index contributed by atoms with van der Waals surface area (Å²) in [4.78, 5) is 6.68. The van der Waals surface area contributed by atoms with Crippen molar-refractivity contribution in [3.05, 3.63) is 39.7 Å². The minimum absolute atomic E-state index is 0.570.